The van der Waals surface area contributed by atoms with Crippen LogP contribution >= 0.6 is 0 Å². The Morgan fingerprint density at radius 3 is 2.81 bits per heavy atom. The average molecular weight is 283 g/mol. The monoisotopic (exact) mass is 283 g/mol. The molecule has 3 rings (SSSR count). The van der Waals surface area contributed by atoms with E-state index in [-0.39, 0.29) is 6.04 Å². The number of phenolic OH excluding ortho intramolecular Hbond substituents is 1. The molecule has 0 amide bonds. The number of aromatic carboxylic acids is 1. The maximum absolute atomic E-state index is 11.0. The molecule has 1 atom stereocenters. The fraction of sp³-hybridized carbons (Fsp3) is 0.235. The Balaban J connectivity index is 1.86. The fourth-order valence-electron chi connectivity index (χ4n) is 2.93. The molecule has 3 N–H and O–H groups in total. The number of nitrogens with one attached hydrogen (secondary N) is 1. The van der Waals surface area contributed by atoms with Crippen molar-refractivity contribution in [3.8, 4) is 5.75 Å². The third kappa shape index (κ3) is 2.44. The van der Waals surface area contributed by atoms with Gasteiger partial charge in [0.1, 0.15) is 5.75 Å². The largest absolute Gasteiger partial charge is 0.508 e. The molecule has 1 aliphatic rings. The van der Waals surface area contributed by atoms with Gasteiger partial charge in [0.15, 0.2) is 0 Å². The molecule has 0 fully saturated rings. The Morgan fingerprint density at radius 2 is 2.10 bits per heavy atom. The second kappa shape index (κ2) is 5.13. The van der Waals surface area contributed by atoms with Crippen LogP contribution in [0.4, 0.5) is 5.69 Å². The first-order valence-electron chi connectivity index (χ1n) is 6.97. The molecule has 0 aliphatic heterocycles. The van der Waals surface area contributed by atoms with Crippen molar-refractivity contribution in [3.05, 3.63) is 58.7 Å². The zero-order valence-corrected chi connectivity index (χ0v) is 11.8. The molecule has 0 bridgehead atoms. The second-order valence-electron chi connectivity index (χ2n) is 5.42. The van der Waals surface area contributed by atoms with Gasteiger partial charge in [-0.05, 0) is 60.7 Å². The van der Waals surface area contributed by atoms with Crippen molar-refractivity contribution >= 4 is 11.7 Å². The first kappa shape index (κ1) is 13.5. The minimum atomic E-state index is -0.916. The number of fused-ring (bicyclic) bond motifs is 1. The third-order valence-corrected chi connectivity index (χ3v) is 4.05. The first-order valence-corrected chi connectivity index (χ1v) is 6.97. The summed E-state index contributed by atoms with van der Waals surface area (Å²) in [5.41, 5.74) is 4.26. The first-order chi connectivity index (χ1) is 10.1. The summed E-state index contributed by atoms with van der Waals surface area (Å²) in [4.78, 5) is 11.0. The molecule has 0 saturated heterocycles. The highest BCUT2D eigenvalue weighted by atomic mass is 16.4. The Hall–Kier alpha value is -2.49. The molecule has 1 aliphatic carbocycles. The van der Waals surface area contributed by atoms with Gasteiger partial charge >= 0.3 is 5.97 Å². The van der Waals surface area contributed by atoms with Crippen molar-refractivity contribution < 1.29 is 15.0 Å². The van der Waals surface area contributed by atoms with E-state index in [1.807, 2.05) is 19.1 Å². The van der Waals surface area contributed by atoms with Crippen LogP contribution in [0, 0.1) is 6.92 Å². The Bertz CT molecular complexity index is 709. The predicted octanol–water partition coefficient (Wildman–Crippen LogP) is 3.50. The fourth-order valence-corrected chi connectivity index (χ4v) is 2.93. The number of carboxylic acid groups (broad SMARTS) is 1. The van der Waals surface area contributed by atoms with Gasteiger partial charge in [0.05, 0.1) is 11.6 Å². The van der Waals surface area contributed by atoms with Gasteiger partial charge in [-0.1, -0.05) is 12.1 Å². The summed E-state index contributed by atoms with van der Waals surface area (Å²) in [5, 5.41) is 22.3. The van der Waals surface area contributed by atoms with E-state index in [1.54, 1.807) is 24.3 Å². The van der Waals surface area contributed by atoms with Crippen molar-refractivity contribution in [2.24, 2.45) is 0 Å². The maximum Gasteiger partial charge on any atom is 0.335 e. The number of aromatic hydroxyl groups is 1. The highest BCUT2D eigenvalue weighted by Gasteiger charge is 2.24. The maximum atomic E-state index is 11.0. The SMILES string of the molecule is Cc1cc(C(=O)O)ccc1NC1CCc2c(O)cccc21. The Morgan fingerprint density at radius 1 is 1.29 bits per heavy atom. The van der Waals surface area contributed by atoms with Crippen LogP contribution in [0.15, 0.2) is 36.4 Å². The lowest BCUT2D eigenvalue weighted by Gasteiger charge is -2.18. The van der Waals surface area contributed by atoms with E-state index in [0.29, 0.717) is 11.3 Å². The Kier molecular flexibility index (Phi) is 3.29. The zero-order chi connectivity index (χ0) is 15.0. The molecule has 0 aromatic heterocycles. The van der Waals surface area contributed by atoms with Crippen LogP contribution in [0.5, 0.6) is 5.75 Å². The molecule has 108 valence electrons. The Labute approximate surface area is 123 Å². The van der Waals surface area contributed by atoms with Gasteiger partial charge in [0, 0.05) is 5.69 Å². The molecule has 0 radical (unpaired) electrons. The van der Waals surface area contributed by atoms with Crippen molar-refractivity contribution in [2.45, 2.75) is 25.8 Å². The number of hydrogen-bond donors (Lipinski definition) is 3. The van der Waals surface area contributed by atoms with Gasteiger partial charge in [-0.3, -0.25) is 0 Å². The van der Waals surface area contributed by atoms with Gasteiger partial charge < -0.3 is 15.5 Å². The van der Waals surface area contributed by atoms with Crippen LogP contribution in [0.25, 0.3) is 0 Å². The summed E-state index contributed by atoms with van der Waals surface area (Å²) in [6, 6.07) is 10.8. The van der Waals surface area contributed by atoms with Crippen LogP contribution < -0.4 is 5.32 Å². The van der Waals surface area contributed by atoms with Gasteiger partial charge in [0.2, 0.25) is 0 Å². The standard InChI is InChI=1S/C17H17NO3/c1-10-9-11(17(20)21)5-7-14(10)18-15-8-6-13-12(15)3-2-4-16(13)19/h2-5,7,9,15,18-19H,6,8H2,1H3,(H,20,21). The van der Waals surface area contributed by atoms with E-state index in [2.05, 4.69) is 5.32 Å². The summed E-state index contributed by atoms with van der Waals surface area (Å²) in [5.74, 6) is -0.560. The molecule has 0 heterocycles. The predicted molar refractivity (Wildman–Crippen MR) is 80.9 cm³/mol. The summed E-state index contributed by atoms with van der Waals surface area (Å²) >= 11 is 0. The smallest absolute Gasteiger partial charge is 0.335 e. The average Bonchev–Trinajstić information content (AvgIpc) is 2.85. The lowest BCUT2D eigenvalue weighted by molar-refractivity contribution is 0.0697. The van der Waals surface area contributed by atoms with Crippen LogP contribution in [-0.4, -0.2) is 16.2 Å². The zero-order valence-electron chi connectivity index (χ0n) is 11.8. The van der Waals surface area contributed by atoms with Crippen molar-refractivity contribution in [1.82, 2.24) is 0 Å². The van der Waals surface area contributed by atoms with E-state index in [4.69, 9.17) is 5.11 Å². The summed E-state index contributed by atoms with van der Waals surface area (Å²) < 4.78 is 0. The van der Waals surface area contributed by atoms with E-state index in [9.17, 15) is 9.90 Å². The van der Waals surface area contributed by atoms with Crippen LogP contribution in [0.2, 0.25) is 0 Å². The topological polar surface area (TPSA) is 69.6 Å². The molecular weight excluding hydrogens is 266 g/mol. The number of phenols is 1. The van der Waals surface area contributed by atoms with Gasteiger partial charge in [-0.25, -0.2) is 4.79 Å². The molecule has 0 saturated carbocycles. The molecular formula is C17H17NO3. The van der Waals surface area contributed by atoms with Crippen molar-refractivity contribution in [1.29, 1.82) is 0 Å². The van der Waals surface area contributed by atoms with E-state index < -0.39 is 5.97 Å². The highest BCUT2D eigenvalue weighted by Crippen LogP contribution is 2.38. The number of aryl methyl sites for hydroxylation is 1. The quantitative estimate of drug-likeness (QED) is 0.806. The minimum absolute atomic E-state index is 0.154. The number of benzene rings is 2. The molecule has 2 aromatic rings. The van der Waals surface area contributed by atoms with E-state index in [1.165, 1.54) is 0 Å². The van der Waals surface area contributed by atoms with Crippen LogP contribution in [0.1, 0.15) is 39.5 Å². The number of anilines is 1. The highest BCUT2D eigenvalue weighted by molar-refractivity contribution is 5.88. The van der Waals surface area contributed by atoms with Gasteiger partial charge in [-0.2, -0.15) is 0 Å². The molecule has 2 aromatic carbocycles. The van der Waals surface area contributed by atoms with Crippen molar-refractivity contribution in [3.63, 3.8) is 0 Å². The van der Waals surface area contributed by atoms with Crippen LogP contribution in [-0.2, 0) is 6.42 Å². The molecule has 1 unspecified atom stereocenters. The number of hydrogen-bond acceptors (Lipinski definition) is 3. The molecule has 21 heavy (non-hydrogen) atoms. The summed E-state index contributed by atoms with van der Waals surface area (Å²) in [6.45, 7) is 1.90. The van der Waals surface area contributed by atoms with E-state index in [0.717, 1.165) is 35.2 Å². The van der Waals surface area contributed by atoms with Crippen LogP contribution in [0.3, 0.4) is 0 Å². The lowest BCUT2D eigenvalue weighted by Crippen LogP contribution is -2.09. The summed E-state index contributed by atoms with van der Waals surface area (Å²) in [6.07, 6.45) is 1.78. The van der Waals surface area contributed by atoms with E-state index >= 15 is 0 Å². The number of carboxylic acids is 1. The minimum Gasteiger partial charge on any atom is -0.508 e. The molecule has 4 nitrogen and oxygen atoms in total. The lowest BCUT2D eigenvalue weighted by atomic mass is 10.1. The summed E-state index contributed by atoms with van der Waals surface area (Å²) in [7, 11) is 0. The number of carbonyl (C=O) groups is 1. The molecule has 4 heteroatoms. The van der Waals surface area contributed by atoms with Gasteiger partial charge in [-0.15, -0.1) is 0 Å². The number of rotatable bonds is 3. The molecule has 0 spiro atoms. The normalized spacial score (nSPS) is 16.5. The van der Waals surface area contributed by atoms with Gasteiger partial charge in [0.25, 0.3) is 0 Å². The van der Waals surface area contributed by atoms with Crippen molar-refractivity contribution in [2.75, 3.05) is 5.32 Å². The third-order valence-electron chi connectivity index (χ3n) is 4.05. The second-order valence-corrected chi connectivity index (χ2v) is 5.42.